The molecule has 0 aliphatic heterocycles. The van der Waals surface area contributed by atoms with E-state index in [0.717, 1.165) is 16.8 Å². The van der Waals surface area contributed by atoms with E-state index in [1.165, 1.54) is 12.4 Å². The number of nitrogens with zero attached hydrogens (tertiary/aromatic N) is 4. The highest BCUT2D eigenvalue weighted by atomic mass is 35.5. The zero-order chi connectivity index (χ0) is 24.0. The summed E-state index contributed by atoms with van der Waals surface area (Å²) in [6.07, 6.45) is 3.65. The molecular weight excluding hydrogens is 455 g/mol. The van der Waals surface area contributed by atoms with Gasteiger partial charge >= 0.3 is 0 Å². The van der Waals surface area contributed by atoms with Gasteiger partial charge in [-0.2, -0.15) is 0 Å². The molecule has 0 radical (unpaired) electrons. The van der Waals surface area contributed by atoms with E-state index in [9.17, 15) is 9.18 Å². The first-order valence-electron chi connectivity index (χ1n) is 10.9. The highest BCUT2D eigenvalue weighted by Gasteiger charge is 2.23. The minimum absolute atomic E-state index is 0.151. The molecule has 9 heteroatoms. The number of halogens is 2. The molecule has 34 heavy (non-hydrogen) atoms. The Morgan fingerprint density at radius 3 is 2.79 bits per heavy atom. The Labute approximate surface area is 199 Å². The van der Waals surface area contributed by atoms with Gasteiger partial charge in [0.05, 0.1) is 28.5 Å². The largest absolute Gasteiger partial charge is 0.360 e. The van der Waals surface area contributed by atoms with Crippen LogP contribution in [0.4, 0.5) is 10.2 Å². The second kappa shape index (κ2) is 8.53. The van der Waals surface area contributed by atoms with Crippen LogP contribution in [0.2, 0.25) is 5.02 Å². The molecule has 0 aliphatic carbocycles. The molecule has 0 aliphatic rings. The number of nitrogens with one attached hydrogen (secondary N) is 2. The molecule has 0 spiro atoms. The van der Waals surface area contributed by atoms with Crippen LogP contribution in [0.15, 0.2) is 53.8 Å². The number of fused-ring (bicyclic) bond motifs is 2. The molecule has 0 fully saturated rings. The van der Waals surface area contributed by atoms with Crippen molar-refractivity contribution in [2.45, 2.75) is 33.2 Å². The highest BCUT2D eigenvalue weighted by molar-refractivity contribution is 6.35. The average molecular weight is 477 g/mol. The quantitative estimate of drug-likeness (QED) is 0.343. The van der Waals surface area contributed by atoms with Gasteiger partial charge in [0.2, 0.25) is 0 Å². The van der Waals surface area contributed by atoms with Crippen LogP contribution in [0.25, 0.3) is 27.6 Å². The number of hydrogen-bond donors (Lipinski definition) is 2. The fourth-order valence-electron chi connectivity index (χ4n) is 4.26. The maximum atomic E-state index is 14.3. The Kier molecular flexibility index (Phi) is 5.53. The number of aromatic nitrogens is 5. The van der Waals surface area contributed by atoms with Gasteiger partial charge in [-0.3, -0.25) is 9.36 Å². The summed E-state index contributed by atoms with van der Waals surface area (Å²) in [6, 6.07) is 10.2. The monoisotopic (exact) mass is 476 g/mol. The number of benzene rings is 2. The lowest BCUT2D eigenvalue weighted by Crippen LogP contribution is -2.27. The molecule has 0 saturated heterocycles. The first kappa shape index (κ1) is 22.0. The minimum atomic E-state index is -0.626. The van der Waals surface area contributed by atoms with Crippen LogP contribution in [0.5, 0.6) is 0 Å². The third-order valence-electron chi connectivity index (χ3n) is 6.22. The summed E-state index contributed by atoms with van der Waals surface area (Å²) in [7, 11) is 0. The van der Waals surface area contributed by atoms with E-state index in [2.05, 4.69) is 25.3 Å². The van der Waals surface area contributed by atoms with Crippen molar-refractivity contribution >= 4 is 39.4 Å². The number of pyridine rings is 1. The number of anilines is 1. The molecule has 172 valence electrons. The first-order chi connectivity index (χ1) is 16.4. The standard InChI is InChI=1S/C25H22ClFN6O/c1-4-17(32-24-22-23(29-11-28-22)30-12-31-24)19-10-15-8-9-16(27)21(26)20(15)25(34)33(19)18-7-5-6-13(2)14(18)3/h5-12,17H,4H2,1-3H3,(H2,28,29,30,31,32)/t17-/m1/s1. The van der Waals surface area contributed by atoms with Crippen molar-refractivity contribution in [3.05, 3.63) is 87.1 Å². The number of hydrogen-bond acceptors (Lipinski definition) is 5. The summed E-state index contributed by atoms with van der Waals surface area (Å²) in [5, 5.41) is 3.98. The number of H-pyrrole nitrogens is 1. The lowest BCUT2D eigenvalue weighted by atomic mass is 10.0. The Hall–Kier alpha value is -3.78. The first-order valence-corrected chi connectivity index (χ1v) is 11.3. The SMILES string of the molecule is CC[C@@H](Nc1ncnc2[nH]cnc12)c1cc2ccc(F)c(Cl)c2c(=O)n1-c1cccc(C)c1C. The molecule has 2 aromatic carbocycles. The molecule has 7 nitrogen and oxygen atoms in total. The second-order valence-corrected chi connectivity index (χ2v) is 8.56. The summed E-state index contributed by atoms with van der Waals surface area (Å²) < 4.78 is 15.9. The highest BCUT2D eigenvalue weighted by Crippen LogP contribution is 2.31. The molecule has 3 heterocycles. The summed E-state index contributed by atoms with van der Waals surface area (Å²) >= 11 is 6.28. The lowest BCUT2D eigenvalue weighted by molar-refractivity contribution is 0.629. The van der Waals surface area contributed by atoms with Gasteiger partial charge in [-0.25, -0.2) is 19.3 Å². The molecule has 1 atom stereocenters. The third-order valence-corrected chi connectivity index (χ3v) is 6.59. The predicted octanol–water partition coefficient (Wildman–Crippen LogP) is 5.63. The van der Waals surface area contributed by atoms with E-state index >= 15 is 0 Å². The summed E-state index contributed by atoms with van der Waals surface area (Å²) in [6.45, 7) is 5.96. The summed E-state index contributed by atoms with van der Waals surface area (Å²) in [4.78, 5) is 29.7. The fraction of sp³-hybridized carbons (Fsp3) is 0.200. The predicted molar refractivity (Wildman–Crippen MR) is 132 cm³/mol. The third kappa shape index (κ3) is 3.51. The van der Waals surface area contributed by atoms with Crippen molar-refractivity contribution in [2.75, 3.05) is 5.32 Å². The van der Waals surface area contributed by atoms with Crippen LogP contribution in [0, 0.1) is 19.7 Å². The van der Waals surface area contributed by atoms with E-state index in [1.807, 2.05) is 45.0 Å². The van der Waals surface area contributed by atoms with Crippen molar-refractivity contribution in [1.82, 2.24) is 24.5 Å². The van der Waals surface area contributed by atoms with Crippen molar-refractivity contribution in [3.63, 3.8) is 0 Å². The van der Waals surface area contributed by atoms with Gasteiger partial charge in [0.25, 0.3) is 5.56 Å². The van der Waals surface area contributed by atoms with Crippen LogP contribution < -0.4 is 10.9 Å². The fourth-order valence-corrected chi connectivity index (χ4v) is 4.51. The molecule has 3 aromatic heterocycles. The van der Waals surface area contributed by atoms with Crippen molar-refractivity contribution in [2.24, 2.45) is 0 Å². The van der Waals surface area contributed by atoms with Gasteiger partial charge in [0.15, 0.2) is 11.5 Å². The molecule has 0 saturated carbocycles. The number of aryl methyl sites for hydroxylation is 1. The van der Waals surface area contributed by atoms with Gasteiger partial charge in [-0.1, -0.05) is 36.7 Å². The molecule has 0 unspecified atom stereocenters. The zero-order valence-electron chi connectivity index (χ0n) is 18.9. The molecule has 0 amide bonds. The normalized spacial score (nSPS) is 12.4. The van der Waals surface area contributed by atoms with Crippen molar-refractivity contribution in [1.29, 1.82) is 0 Å². The van der Waals surface area contributed by atoms with Gasteiger partial charge in [-0.15, -0.1) is 0 Å². The Morgan fingerprint density at radius 1 is 1.18 bits per heavy atom. The van der Waals surface area contributed by atoms with E-state index in [4.69, 9.17) is 11.6 Å². The average Bonchev–Trinajstić information content (AvgIpc) is 3.31. The molecule has 2 N–H and O–H groups in total. The van der Waals surface area contributed by atoms with Crippen LogP contribution in [-0.4, -0.2) is 24.5 Å². The molecule has 5 aromatic rings. The Balaban J connectivity index is 1.79. The van der Waals surface area contributed by atoms with Gasteiger partial charge in [0, 0.05) is 5.69 Å². The summed E-state index contributed by atoms with van der Waals surface area (Å²) in [5.41, 5.74) is 4.25. The Bertz CT molecular complexity index is 1610. The summed E-state index contributed by atoms with van der Waals surface area (Å²) in [5.74, 6) is -0.0751. The topological polar surface area (TPSA) is 88.5 Å². The number of rotatable bonds is 5. The molecular formula is C25H22ClFN6O. The van der Waals surface area contributed by atoms with E-state index in [1.54, 1.807) is 17.0 Å². The van der Waals surface area contributed by atoms with Gasteiger partial charge in [-0.05, 0) is 55.0 Å². The maximum Gasteiger partial charge on any atom is 0.264 e. The maximum absolute atomic E-state index is 14.3. The van der Waals surface area contributed by atoms with Gasteiger partial charge in [0.1, 0.15) is 17.7 Å². The second-order valence-electron chi connectivity index (χ2n) is 8.18. The van der Waals surface area contributed by atoms with Crippen molar-refractivity contribution in [3.8, 4) is 5.69 Å². The smallest absolute Gasteiger partial charge is 0.264 e. The lowest BCUT2D eigenvalue weighted by Gasteiger charge is -2.24. The molecule has 0 bridgehead atoms. The Morgan fingerprint density at radius 2 is 2.00 bits per heavy atom. The van der Waals surface area contributed by atoms with E-state index < -0.39 is 5.82 Å². The van der Waals surface area contributed by atoms with E-state index in [0.29, 0.717) is 34.5 Å². The molecule has 5 rings (SSSR count). The van der Waals surface area contributed by atoms with Crippen LogP contribution >= 0.6 is 11.6 Å². The van der Waals surface area contributed by atoms with E-state index in [-0.39, 0.29) is 22.0 Å². The minimum Gasteiger partial charge on any atom is -0.360 e. The number of aromatic amines is 1. The van der Waals surface area contributed by atoms with Gasteiger partial charge < -0.3 is 10.3 Å². The number of imidazole rings is 1. The van der Waals surface area contributed by atoms with Crippen LogP contribution in [0.3, 0.4) is 0 Å². The van der Waals surface area contributed by atoms with Crippen molar-refractivity contribution < 1.29 is 4.39 Å². The van der Waals surface area contributed by atoms with Crippen LogP contribution in [-0.2, 0) is 0 Å². The zero-order valence-corrected chi connectivity index (χ0v) is 19.6. The van der Waals surface area contributed by atoms with Crippen LogP contribution in [0.1, 0.15) is 36.2 Å².